The quantitative estimate of drug-likeness (QED) is 0.187. The maximum Gasteiger partial charge on any atom is 0.409 e. The Bertz CT molecular complexity index is 763. The van der Waals surface area contributed by atoms with Crippen LogP contribution < -0.4 is 16.0 Å². The highest BCUT2D eigenvalue weighted by Crippen LogP contribution is 2.25. The number of hydrogen-bond acceptors (Lipinski definition) is 9. The van der Waals surface area contributed by atoms with E-state index in [1.165, 1.54) is 31.3 Å². The minimum Gasteiger partial charge on any atom is -0.422 e. The summed E-state index contributed by atoms with van der Waals surface area (Å²) in [4.78, 5) is 61.4. The van der Waals surface area contributed by atoms with Gasteiger partial charge < -0.3 is 34.9 Å². The van der Waals surface area contributed by atoms with Crippen LogP contribution in [-0.2, 0) is 33.3 Å². The van der Waals surface area contributed by atoms with Crippen molar-refractivity contribution >= 4 is 29.9 Å². The second kappa shape index (κ2) is 14.9. The van der Waals surface area contributed by atoms with Crippen molar-refractivity contribution in [3.05, 3.63) is 12.2 Å². The highest BCUT2D eigenvalue weighted by Gasteiger charge is 2.35. The molecule has 0 aromatic carbocycles. The molecule has 13 nitrogen and oxygen atoms in total. The van der Waals surface area contributed by atoms with Gasteiger partial charge in [-0.15, -0.1) is 0 Å². The van der Waals surface area contributed by atoms with Crippen molar-refractivity contribution in [3.8, 4) is 0 Å². The monoisotopic (exact) mass is 498 g/mol. The van der Waals surface area contributed by atoms with E-state index in [4.69, 9.17) is 14.2 Å². The molecule has 196 valence electrons. The smallest absolute Gasteiger partial charge is 0.409 e. The third kappa shape index (κ3) is 9.53. The molecule has 1 saturated carbocycles. The van der Waals surface area contributed by atoms with E-state index in [1.54, 1.807) is 0 Å². The van der Waals surface area contributed by atoms with Gasteiger partial charge in [0.1, 0.15) is 6.04 Å². The second-order valence-corrected chi connectivity index (χ2v) is 8.19. The first-order valence-corrected chi connectivity index (χ1v) is 11.5. The van der Waals surface area contributed by atoms with Gasteiger partial charge in [0.2, 0.25) is 5.91 Å². The molecule has 2 aliphatic rings. The van der Waals surface area contributed by atoms with Gasteiger partial charge in [0.25, 0.3) is 11.8 Å². The van der Waals surface area contributed by atoms with Crippen LogP contribution in [0.25, 0.3) is 0 Å². The van der Waals surface area contributed by atoms with Gasteiger partial charge in [-0.1, -0.05) is 0 Å². The minimum absolute atomic E-state index is 0.143. The highest BCUT2D eigenvalue weighted by atomic mass is 16.7. The van der Waals surface area contributed by atoms with Crippen molar-refractivity contribution in [3.63, 3.8) is 0 Å². The van der Waals surface area contributed by atoms with Crippen LogP contribution in [0.15, 0.2) is 12.2 Å². The lowest BCUT2D eigenvalue weighted by Crippen LogP contribution is -2.52. The molecule has 0 aromatic heterocycles. The molecule has 13 heteroatoms. The Morgan fingerprint density at radius 1 is 0.943 bits per heavy atom. The van der Waals surface area contributed by atoms with Gasteiger partial charge in [0, 0.05) is 45.0 Å². The first-order valence-electron chi connectivity index (χ1n) is 11.5. The third-order valence-corrected chi connectivity index (χ3v) is 5.66. The summed E-state index contributed by atoms with van der Waals surface area (Å²) >= 11 is 0. The van der Waals surface area contributed by atoms with Crippen LogP contribution in [-0.4, -0.2) is 87.3 Å². The number of carbonyl (C=O) groups excluding carboxylic acids is 5. The standard InChI is InChI=1S/C22H34N4O9/c1-32-13-34-21(30)23-12-4-3-5-17(25-22(31)35-14-33-2)20(29)24-15-6-8-16(9-7-15)26-18(27)10-11-19(26)28/h10-11,15-17H,3-9,12-14H2,1-2H3,(H,23,30)(H,24,29)(H,25,31). The number of rotatable bonds is 13. The van der Waals surface area contributed by atoms with Crippen molar-refractivity contribution in [1.82, 2.24) is 20.9 Å². The van der Waals surface area contributed by atoms with E-state index < -0.39 is 18.2 Å². The molecule has 0 bridgehead atoms. The number of ether oxygens (including phenoxy) is 4. The average molecular weight is 499 g/mol. The molecule has 1 unspecified atom stereocenters. The molecule has 0 spiro atoms. The van der Waals surface area contributed by atoms with E-state index >= 15 is 0 Å². The number of alkyl carbamates (subject to hydrolysis) is 2. The summed E-state index contributed by atoms with van der Waals surface area (Å²) in [6.07, 6.45) is 4.93. The molecule has 0 radical (unpaired) electrons. The molecule has 1 aliphatic heterocycles. The lowest BCUT2D eigenvalue weighted by Gasteiger charge is -2.34. The molecule has 35 heavy (non-hydrogen) atoms. The zero-order valence-corrected chi connectivity index (χ0v) is 20.1. The predicted molar refractivity (Wildman–Crippen MR) is 121 cm³/mol. The number of amides is 5. The zero-order chi connectivity index (χ0) is 25.6. The number of carbonyl (C=O) groups is 5. The minimum atomic E-state index is -0.844. The Morgan fingerprint density at radius 3 is 2.14 bits per heavy atom. The van der Waals surface area contributed by atoms with Crippen LogP contribution in [0.1, 0.15) is 44.9 Å². The summed E-state index contributed by atoms with van der Waals surface area (Å²) in [6.45, 7) is -0.0661. The van der Waals surface area contributed by atoms with E-state index in [0.29, 0.717) is 51.5 Å². The van der Waals surface area contributed by atoms with E-state index in [1.807, 2.05) is 0 Å². The maximum atomic E-state index is 12.9. The van der Waals surface area contributed by atoms with Crippen molar-refractivity contribution in [2.45, 2.75) is 63.1 Å². The van der Waals surface area contributed by atoms with Crippen LogP contribution in [0.4, 0.5) is 9.59 Å². The van der Waals surface area contributed by atoms with Gasteiger partial charge in [-0.05, 0) is 44.9 Å². The fourth-order valence-corrected chi connectivity index (χ4v) is 3.94. The summed E-state index contributed by atoms with van der Waals surface area (Å²) in [5.41, 5.74) is 0. The van der Waals surface area contributed by atoms with E-state index in [2.05, 4.69) is 20.7 Å². The lowest BCUT2D eigenvalue weighted by atomic mass is 9.90. The Balaban J connectivity index is 1.80. The zero-order valence-electron chi connectivity index (χ0n) is 20.1. The van der Waals surface area contributed by atoms with E-state index in [0.717, 1.165) is 0 Å². The largest absolute Gasteiger partial charge is 0.422 e. The van der Waals surface area contributed by atoms with Crippen molar-refractivity contribution in [2.75, 3.05) is 34.4 Å². The molecule has 0 saturated heterocycles. The summed E-state index contributed by atoms with van der Waals surface area (Å²) in [5.74, 6) is -0.962. The number of nitrogens with zero attached hydrogens (tertiary/aromatic N) is 1. The van der Waals surface area contributed by atoms with Gasteiger partial charge in [-0.3, -0.25) is 19.3 Å². The summed E-state index contributed by atoms with van der Waals surface area (Å²) in [7, 11) is 2.78. The van der Waals surface area contributed by atoms with Crippen LogP contribution in [0, 0.1) is 0 Å². The molecule has 1 fully saturated rings. The Morgan fingerprint density at radius 2 is 1.54 bits per heavy atom. The molecular formula is C22H34N4O9. The first-order chi connectivity index (χ1) is 16.8. The lowest BCUT2D eigenvalue weighted by molar-refractivity contribution is -0.140. The number of unbranched alkanes of at least 4 members (excludes halogenated alkanes) is 1. The third-order valence-electron chi connectivity index (χ3n) is 5.66. The number of hydrogen-bond donors (Lipinski definition) is 3. The van der Waals surface area contributed by atoms with E-state index in [-0.39, 0.29) is 43.4 Å². The van der Waals surface area contributed by atoms with Crippen LogP contribution in [0.5, 0.6) is 0 Å². The summed E-state index contributed by atoms with van der Waals surface area (Å²) < 4.78 is 18.9. The Labute approximate surface area is 203 Å². The number of methoxy groups -OCH3 is 2. The normalized spacial score (nSPS) is 20.3. The van der Waals surface area contributed by atoms with Crippen molar-refractivity contribution < 1.29 is 42.9 Å². The number of imide groups is 1. The molecular weight excluding hydrogens is 464 g/mol. The molecule has 1 heterocycles. The van der Waals surface area contributed by atoms with Crippen LogP contribution in [0.3, 0.4) is 0 Å². The molecule has 3 N–H and O–H groups in total. The SMILES string of the molecule is COCOC(=O)NCCCCC(NC(=O)OCOC)C(=O)NC1CCC(N2C(=O)C=CC2=O)CC1. The first kappa shape index (κ1) is 28.1. The van der Waals surface area contributed by atoms with Crippen molar-refractivity contribution in [2.24, 2.45) is 0 Å². The molecule has 0 aromatic rings. The van der Waals surface area contributed by atoms with Gasteiger partial charge in [-0.25, -0.2) is 9.59 Å². The Kier molecular flexibility index (Phi) is 12.0. The second-order valence-electron chi connectivity index (χ2n) is 8.19. The van der Waals surface area contributed by atoms with E-state index in [9.17, 15) is 24.0 Å². The van der Waals surface area contributed by atoms with Crippen LogP contribution in [0.2, 0.25) is 0 Å². The van der Waals surface area contributed by atoms with Gasteiger partial charge in [0.15, 0.2) is 13.6 Å². The number of nitrogens with one attached hydrogen (secondary N) is 3. The molecule has 2 rings (SSSR count). The molecule has 5 amide bonds. The molecule has 1 aliphatic carbocycles. The van der Waals surface area contributed by atoms with Gasteiger partial charge in [0.05, 0.1) is 0 Å². The highest BCUT2D eigenvalue weighted by molar-refractivity contribution is 6.13. The van der Waals surface area contributed by atoms with Gasteiger partial charge in [-0.2, -0.15) is 0 Å². The van der Waals surface area contributed by atoms with Crippen molar-refractivity contribution in [1.29, 1.82) is 0 Å². The van der Waals surface area contributed by atoms with Gasteiger partial charge >= 0.3 is 12.2 Å². The molecule has 1 atom stereocenters. The fourth-order valence-electron chi connectivity index (χ4n) is 3.94. The fraction of sp³-hybridized carbons (Fsp3) is 0.682. The maximum absolute atomic E-state index is 12.9. The summed E-state index contributed by atoms with van der Waals surface area (Å²) in [6, 6.07) is -1.17. The summed E-state index contributed by atoms with van der Waals surface area (Å²) in [5, 5.41) is 8.06. The predicted octanol–water partition coefficient (Wildman–Crippen LogP) is 0.538. The van der Waals surface area contributed by atoms with Crippen LogP contribution >= 0.6 is 0 Å². The topological polar surface area (TPSA) is 162 Å². The Hall–Kier alpha value is -3.19. The average Bonchev–Trinajstić information content (AvgIpc) is 3.18.